The summed E-state index contributed by atoms with van der Waals surface area (Å²) in [6.45, 7) is 1.13. The van der Waals surface area contributed by atoms with Gasteiger partial charge in [0.2, 0.25) is 11.8 Å². The van der Waals surface area contributed by atoms with Gasteiger partial charge in [-0.05, 0) is 37.0 Å². The summed E-state index contributed by atoms with van der Waals surface area (Å²) in [4.78, 5) is 49.6. The molecule has 0 spiro atoms. The van der Waals surface area contributed by atoms with E-state index >= 15 is 0 Å². The first kappa shape index (κ1) is 19.1. The molecule has 1 aliphatic carbocycles. The number of esters is 1. The van der Waals surface area contributed by atoms with Crippen molar-refractivity contribution in [1.82, 2.24) is 4.90 Å². The van der Waals surface area contributed by atoms with Crippen LogP contribution in [0.4, 0.5) is 5.69 Å². The molecule has 2 unspecified atom stereocenters. The number of nitrogens with one attached hydrogen (secondary N) is 1. The molecule has 1 saturated heterocycles. The predicted octanol–water partition coefficient (Wildman–Crippen LogP) is 1.91. The summed E-state index contributed by atoms with van der Waals surface area (Å²) >= 11 is 0. The number of aryl methyl sites for hydroxylation is 1. The van der Waals surface area contributed by atoms with Crippen molar-refractivity contribution in [2.45, 2.75) is 39.0 Å². The lowest BCUT2D eigenvalue weighted by molar-refractivity contribution is -0.154. The van der Waals surface area contributed by atoms with Crippen molar-refractivity contribution in [2.24, 2.45) is 11.8 Å². The SMILES string of the molecule is CCc1cccc(NC(=O)COC(=O)CN2C(=O)C3CCCCC3C2=O)c1. The van der Waals surface area contributed by atoms with Crippen LogP contribution in [0.2, 0.25) is 0 Å². The van der Waals surface area contributed by atoms with Gasteiger partial charge in [0.25, 0.3) is 5.91 Å². The van der Waals surface area contributed by atoms with E-state index in [1.807, 2.05) is 25.1 Å². The highest BCUT2D eigenvalue weighted by molar-refractivity contribution is 6.07. The maximum Gasteiger partial charge on any atom is 0.326 e. The van der Waals surface area contributed by atoms with Crippen molar-refractivity contribution in [3.05, 3.63) is 29.8 Å². The number of ether oxygens (including phenoxy) is 1. The molecule has 27 heavy (non-hydrogen) atoms. The zero-order valence-corrected chi connectivity index (χ0v) is 15.4. The van der Waals surface area contributed by atoms with Gasteiger partial charge in [-0.25, -0.2) is 0 Å². The van der Waals surface area contributed by atoms with E-state index in [0.717, 1.165) is 29.7 Å². The van der Waals surface area contributed by atoms with Crippen molar-refractivity contribution in [3.63, 3.8) is 0 Å². The lowest BCUT2D eigenvalue weighted by Gasteiger charge is -2.19. The number of likely N-dealkylation sites (tertiary alicyclic amines) is 1. The Morgan fingerprint density at radius 2 is 1.81 bits per heavy atom. The van der Waals surface area contributed by atoms with Crippen molar-refractivity contribution >= 4 is 29.4 Å². The number of hydrogen-bond acceptors (Lipinski definition) is 5. The standard InChI is InChI=1S/C20H24N2O5/c1-2-13-6-5-7-14(10-13)21-17(23)12-27-18(24)11-22-19(25)15-8-3-4-9-16(15)20(22)26/h5-7,10,15-16H,2-4,8-9,11-12H2,1H3,(H,21,23). The fourth-order valence-electron chi connectivity index (χ4n) is 3.77. The molecule has 1 N–H and O–H groups in total. The average molecular weight is 372 g/mol. The number of fused-ring (bicyclic) bond motifs is 1. The number of carbonyl (C=O) groups is 4. The van der Waals surface area contributed by atoms with E-state index in [2.05, 4.69) is 5.32 Å². The van der Waals surface area contributed by atoms with E-state index in [1.165, 1.54) is 0 Å². The van der Waals surface area contributed by atoms with E-state index in [-0.39, 0.29) is 23.7 Å². The Balaban J connectivity index is 1.48. The van der Waals surface area contributed by atoms with E-state index in [0.29, 0.717) is 18.5 Å². The van der Waals surface area contributed by atoms with Gasteiger partial charge >= 0.3 is 5.97 Å². The third-order valence-electron chi connectivity index (χ3n) is 5.20. The third kappa shape index (κ3) is 4.35. The molecule has 144 valence electrons. The van der Waals surface area contributed by atoms with E-state index in [1.54, 1.807) is 6.07 Å². The summed E-state index contributed by atoms with van der Waals surface area (Å²) in [6.07, 6.45) is 4.09. The first-order chi connectivity index (χ1) is 13.0. The molecular formula is C20H24N2O5. The lowest BCUT2D eigenvalue weighted by Crippen LogP contribution is -2.37. The molecule has 2 atom stereocenters. The first-order valence-electron chi connectivity index (χ1n) is 9.39. The van der Waals surface area contributed by atoms with Gasteiger partial charge in [0, 0.05) is 5.69 Å². The Hall–Kier alpha value is -2.70. The monoisotopic (exact) mass is 372 g/mol. The van der Waals surface area contributed by atoms with Crippen LogP contribution in [0.5, 0.6) is 0 Å². The van der Waals surface area contributed by atoms with Crippen LogP contribution >= 0.6 is 0 Å². The van der Waals surface area contributed by atoms with E-state index < -0.39 is 25.0 Å². The topological polar surface area (TPSA) is 92.8 Å². The fourth-order valence-corrected chi connectivity index (χ4v) is 3.77. The maximum absolute atomic E-state index is 12.3. The molecule has 3 rings (SSSR count). The fraction of sp³-hybridized carbons (Fsp3) is 0.500. The quantitative estimate of drug-likeness (QED) is 0.608. The summed E-state index contributed by atoms with van der Waals surface area (Å²) in [5.41, 5.74) is 1.71. The van der Waals surface area contributed by atoms with Crippen molar-refractivity contribution < 1.29 is 23.9 Å². The minimum Gasteiger partial charge on any atom is -0.454 e. The van der Waals surface area contributed by atoms with Crippen LogP contribution in [0.25, 0.3) is 0 Å². The molecule has 1 aromatic carbocycles. The van der Waals surface area contributed by atoms with Gasteiger partial charge in [-0.15, -0.1) is 0 Å². The molecule has 0 aromatic heterocycles. The van der Waals surface area contributed by atoms with Crippen LogP contribution in [-0.2, 0) is 30.3 Å². The second kappa shape index (κ2) is 8.33. The van der Waals surface area contributed by atoms with Crippen molar-refractivity contribution in [1.29, 1.82) is 0 Å². The minimum absolute atomic E-state index is 0.289. The van der Waals surface area contributed by atoms with Gasteiger partial charge in [-0.2, -0.15) is 0 Å². The van der Waals surface area contributed by atoms with Crippen LogP contribution in [0.3, 0.4) is 0 Å². The van der Waals surface area contributed by atoms with Crippen molar-refractivity contribution in [2.75, 3.05) is 18.5 Å². The number of imide groups is 1. The first-order valence-corrected chi connectivity index (χ1v) is 9.39. The normalized spacial score (nSPS) is 21.7. The number of hydrogen-bond donors (Lipinski definition) is 1. The number of rotatable bonds is 6. The summed E-state index contributed by atoms with van der Waals surface area (Å²) in [6, 6.07) is 7.40. The second-order valence-corrected chi connectivity index (χ2v) is 7.02. The van der Waals surface area contributed by atoms with Gasteiger partial charge < -0.3 is 10.1 Å². The van der Waals surface area contributed by atoms with E-state index in [4.69, 9.17) is 4.74 Å². The van der Waals surface area contributed by atoms with Crippen LogP contribution in [0, 0.1) is 11.8 Å². The lowest BCUT2D eigenvalue weighted by atomic mass is 9.81. The van der Waals surface area contributed by atoms with Crippen LogP contribution < -0.4 is 5.32 Å². The van der Waals surface area contributed by atoms with Crippen LogP contribution in [0.15, 0.2) is 24.3 Å². The Labute approximate surface area is 158 Å². The summed E-state index contributed by atoms with van der Waals surface area (Å²) in [5, 5.41) is 2.66. The Morgan fingerprint density at radius 1 is 1.15 bits per heavy atom. The molecular weight excluding hydrogens is 348 g/mol. The molecule has 0 bridgehead atoms. The number of anilines is 1. The minimum atomic E-state index is -0.757. The van der Waals surface area contributed by atoms with Gasteiger partial charge in [-0.3, -0.25) is 24.1 Å². The van der Waals surface area contributed by atoms with Crippen LogP contribution in [-0.4, -0.2) is 41.7 Å². The highest BCUT2D eigenvalue weighted by Gasteiger charge is 2.48. The molecule has 2 aliphatic rings. The smallest absolute Gasteiger partial charge is 0.326 e. The largest absolute Gasteiger partial charge is 0.454 e. The molecule has 1 aliphatic heterocycles. The van der Waals surface area contributed by atoms with Gasteiger partial charge in [0.1, 0.15) is 6.54 Å². The zero-order chi connectivity index (χ0) is 19.4. The Morgan fingerprint density at radius 3 is 2.44 bits per heavy atom. The van der Waals surface area contributed by atoms with Gasteiger partial charge in [0.05, 0.1) is 11.8 Å². The number of amides is 3. The summed E-state index contributed by atoms with van der Waals surface area (Å²) < 4.78 is 4.95. The Bertz CT molecular complexity index is 736. The number of carbonyl (C=O) groups excluding carboxylic acids is 4. The number of nitrogens with zero attached hydrogens (tertiary/aromatic N) is 1. The molecule has 3 amide bonds. The summed E-state index contributed by atoms with van der Waals surface area (Å²) in [7, 11) is 0. The summed E-state index contributed by atoms with van der Waals surface area (Å²) in [5.74, 6) is -2.40. The third-order valence-corrected chi connectivity index (χ3v) is 5.20. The molecule has 1 saturated carbocycles. The van der Waals surface area contributed by atoms with Gasteiger partial charge in [-0.1, -0.05) is 31.9 Å². The molecule has 2 fully saturated rings. The van der Waals surface area contributed by atoms with Crippen LogP contribution in [0.1, 0.15) is 38.2 Å². The molecule has 7 nitrogen and oxygen atoms in total. The number of benzene rings is 1. The highest BCUT2D eigenvalue weighted by atomic mass is 16.5. The molecule has 1 aromatic rings. The van der Waals surface area contributed by atoms with Gasteiger partial charge in [0.15, 0.2) is 6.61 Å². The average Bonchev–Trinajstić information content (AvgIpc) is 2.92. The van der Waals surface area contributed by atoms with E-state index in [9.17, 15) is 19.2 Å². The predicted molar refractivity (Wildman–Crippen MR) is 97.6 cm³/mol. The highest BCUT2D eigenvalue weighted by Crippen LogP contribution is 2.37. The molecule has 1 heterocycles. The molecule has 7 heteroatoms. The second-order valence-electron chi connectivity index (χ2n) is 7.02. The zero-order valence-electron chi connectivity index (χ0n) is 15.4. The van der Waals surface area contributed by atoms with Crippen molar-refractivity contribution in [3.8, 4) is 0 Å². The maximum atomic E-state index is 12.3. The Kier molecular flexibility index (Phi) is 5.88. The molecule has 0 radical (unpaired) electrons.